The van der Waals surface area contributed by atoms with Gasteiger partial charge in [0.25, 0.3) is 11.8 Å². The summed E-state index contributed by atoms with van der Waals surface area (Å²) in [6.07, 6.45) is 0.642. The lowest BCUT2D eigenvalue weighted by molar-refractivity contribution is -0.153. The van der Waals surface area contributed by atoms with Crippen molar-refractivity contribution in [3.63, 3.8) is 0 Å². The Morgan fingerprint density at radius 1 is 1.10 bits per heavy atom. The van der Waals surface area contributed by atoms with Crippen molar-refractivity contribution in [2.24, 2.45) is 5.92 Å². The maximum atomic E-state index is 14.0. The highest BCUT2D eigenvalue weighted by Crippen LogP contribution is 2.55. The maximum absolute atomic E-state index is 14.0. The fourth-order valence-electron chi connectivity index (χ4n) is 6.48. The van der Waals surface area contributed by atoms with Gasteiger partial charge in [-0.2, -0.15) is 0 Å². The highest BCUT2D eigenvalue weighted by molar-refractivity contribution is 6.00. The topological polar surface area (TPSA) is 92.1 Å². The van der Waals surface area contributed by atoms with Crippen molar-refractivity contribution in [1.29, 1.82) is 0 Å². The van der Waals surface area contributed by atoms with Crippen molar-refractivity contribution in [1.82, 2.24) is 14.4 Å². The molecule has 1 aliphatic carbocycles. The fourth-order valence-corrected chi connectivity index (χ4v) is 6.48. The van der Waals surface area contributed by atoms with Gasteiger partial charge in [-0.15, -0.1) is 0 Å². The lowest BCUT2D eigenvalue weighted by Gasteiger charge is -2.40. The van der Waals surface area contributed by atoms with Gasteiger partial charge in [-0.25, -0.2) is 9.18 Å². The van der Waals surface area contributed by atoms with Gasteiger partial charge in [0.2, 0.25) is 0 Å². The molecule has 1 fully saturated rings. The van der Waals surface area contributed by atoms with Gasteiger partial charge in [-0.05, 0) is 53.8 Å². The lowest BCUT2D eigenvalue weighted by atomic mass is 9.75. The van der Waals surface area contributed by atoms with E-state index in [1.807, 2.05) is 10.6 Å². The number of halogens is 1. The number of hydrogen-bond donors (Lipinski definition) is 1. The van der Waals surface area contributed by atoms with Crippen LogP contribution in [0.5, 0.6) is 0 Å². The van der Waals surface area contributed by atoms with Crippen LogP contribution in [0.25, 0.3) is 0 Å². The molecular formula is C30H32FN3O5. The van der Waals surface area contributed by atoms with E-state index in [9.17, 15) is 23.9 Å². The van der Waals surface area contributed by atoms with Crippen LogP contribution >= 0.6 is 0 Å². The number of hydrogen-bond acceptors (Lipinski definition) is 5. The van der Waals surface area contributed by atoms with Gasteiger partial charge in [0.05, 0.1) is 13.7 Å². The summed E-state index contributed by atoms with van der Waals surface area (Å²) in [4.78, 5) is 44.1. The summed E-state index contributed by atoms with van der Waals surface area (Å²) in [5.74, 6) is -2.05. The largest absolute Gasteiger partial charge is 0.467 e. The number of aliphatic hydroxyl groups is 1. The number of amides is 2. The van der Waals surface area contributed by atoms with Crippen LogP contribution in [-0.4, -0.2) is 77.2 Å². The molecule has 0 spiro atoms. The summed E-state index contributed by atoms with van der Waals surface area (Å²) in [5.41, 5.74) is 1.80. The first kappa shape index (κ1) is 26.6. The highest BCUT2D eigenvalue weighted by atomic mass is 19.1. The van der Waals surface area contributed by atoms with E-state index in [0.717, 1.165) is 11.3 Å². The highest BCUT2D eigenvalue weighted by Gasteiger charge is 2.64. The molecule has 0 radical (unpaired) electrons. The van der Waals surface area contributed by atoms with Crippen LogP contribution in [0.15, 0.2) is 60.7 Å². The zero-order valence-electron chi connectivity index (χ0n) is 22.3. The number of fused-ring (bicyclic) bond motifs is 3. The van der Waals surface area contributed by atoms with Crippen molar-refractivity contribution in [2.75, 3.05) is 34.4 Å². The van der Waals surface area contributed by atoms with Gasteiger partial charge in [0.15, 0.2) is 5.54 Å². The van der Waals surface area contributed by atoms with Crippen molar-refractivity contribution in [3.8, 4) is 0 Å². The summed E-state index contributed by atoms with van der Waals surface area (Å²) < 4.78 is 21.1. The van der Waals surface area contributed by atoms with E-state index >= 15 is 0 Å². The van der Waals surface area contributed by atoms with Crippen LogP contribution in [0, 0.1) is 11.7 Å². The molecule has 0 saturated carbocycles. The summed E-state index contributed by atoms with van der Waals surface area (Å²) in [6, 6.07) is 16.5. The van der Waals surface area contributed by atoms with E-state index in [2.05, 4.69) is 0 Å². The molecule has 2 aliphatic rings. The second kappa shape index (κ2) is 10.3. The molecule has 204 valence electrons. The Bertz CT molecular complexity index is 1400. The number of methoxy groups -OCH3 is 1. The molecule has 9 heteroatoms. The number of carbonyl (C=O) groups is 3. The van der Waals surface area contributed by atoms with Gasteiger partial charge in [0, 0.05) is 50.8 Å². The lowest BCUT2D eigenvalue weighted by Crippen LogP contribution is -2.58. The van der Waals surface area contributed by atoms with Crippen molar-refractivity contribution in [3.05, 3.63) is 94.6 Å². The van der Waals surface area contributed by atoms with E-state index < -0.39 is 23.2 Å². The summed E-state index contributed by atoms with van der Waals surface area (Å²) in [6.45, 7) is 0.388. The van der Waals surface area contributed by atoms with Crippen LogP contribution in [0.3, 0.4) is 0 Å². The molecule has 3 atom stereocenters. The van der Waals surface area contributed by atoms with Gasteiger partial charge >= 0.3 is 5.97 Å². The molecule has 1 saturated heterocycles. The second-order valence-electron chi connectivity index (χ2n) is 10.4. The molecule has 39 heavy (non-hydrogen) atoms. The molecule has 2 amide bonds. The molecule has 2 heterocycles. The third-order valence-electron chi connectivity index (χ3n) is 8.06. The second-order valence-corrected chi connectivity index (χ2v) is 10.4. The van der Waals surface area contributed by atoms with E-state index in [4.69, 9.17) is 4.74 Å². The standard InChI is InChI=1S/C30H32FN3O5/c1-32(2)28(37)25-16-23-24(33(25)13-14-35)15-21-18-34(27(36)20-7-5-4-6-8-20)30(26(21)23,29(38)39-3)17-19-9-11-22(31)12-10-19/h4-12,16,21,26,35H,13-15,17-18H2,1-3H3/t21-,26+,30+/m0/s1. The van der Waals surface area contributed by atoms with Crippen LogP contribution in [-0.2, 0) is 28.9 Å². The molecule has 0 unspecified atom stereocenters. The summed E-state index contributed by atoms with van der Waals surface area (Å²) in [7, 11) is 4.63. The number of likely N-dealkylation sites (tertiary alicyclic amines) is 1. The number of ether oxygens (including phenoxy) is 1. The first-order valence-corrected chi connectivity index (χ1v) is 13.0. The molecule has 5 rings (SSSR count). The smallest absolute Gasteiger partial charge is 0.332 e. The predicted octanol–water partition coefficient (Wildman–Crippen LogP) is 2.89. The fraction of sp³-hybridized carbons (Fsp3) is 0.367. The quantitative estimate of drug-likeness (QED) is 0.472. The number of benzene rings is 2. The van der Waals surface area contributed by atoms with Gasteiger partial charge in [0.1, 0.15) is 11.5 Å². The minimum absolute atomic E-state index is 0.112. The molecule has 1 N–H and O–H groups in total. The molecule has 1 aliphatic heterocycles. The minimum Gasteiger partial charge on any atom is -0.467 e. The van der Waals surface area contributed by atoms with E-state index in [1.54, 1.807) is 61.5 Å². The monoisotopic (exact) mass is 533 g/mol. The zero-order valence-corrected chi connectivity index (χ0v) is 22.3. The molecule has 1 aromatic heterocycles. The van der Waals surface area contributed by atoms with Crippen LogP contribution in [0.2, 0.25) is 0 Å². The first-order valence-electron chi connectivity index (χ1n) is 13.0. The van der Waals surface area contributed by atoms with Gasteiger partial charge in [-0.1, -0.05) is 30.3 Å². The normalized spacial score (nSPS) is 21.4. The number of esters is 1. The molecule has 0 bridgehead atoms. The van der Waals surface area contributed by atoms with Crippen molar-refractivity contribution in [2.45, 2.75) is 30.8 Å². The van der Waals surface area contributed by atoms with E-state index in [-0.39, 0.29) is 37.3 Å². The first-order chi connectivity index (χ1) is 18.7. The zero-order chi connectivity index (χ0) is 27.9. The molecular weight excluding hydrogens is 501 g/mol. The third kappa shape index (κ3) is 4.30. The molecule has 2 aromatic carbocycles. The molecule has 8 nitrogen and oxygen atoms in total. The Morgan fingerprint density at radius 3 is 2.41 bits per heavy atom. The Kier molecular flexibility index (Phi) is 7.03. The number of carbonyl (C=O) groups excluding carboxylic acids is 3. The average Bonchev–Trinajstić information content (AvgIpc) is 3.57. The number of aromatic nitrogens is 1. The van der Waals surface area contributed by atoms with E-state index in [0.29, 0.717) is 29.8 Å². The Labute approximate surface area is 226 Å². The summed E-state index contributed by atoms with van der Waals surface area (Å²) in [5, 5.41) is 9.80. The minimum atomic E-state index is -1.43. The van der Waals surface area contributed by atoms with Crippen LogP contribution < -0.4 is 0 Å². The third-order valence-corrected chi connectivity index (χ3v) is 8.06. The van der Waals surface area contributed by atoms with Gasteiger partial charge in [-0.3, -0.25) is 9.59 Å². The Hall–Kier alpha value is -3.98. The number of rotatable bonds is 7. The van der Waals surface area contributed by atoms with Crippen LogP contribution in [0.4, 0.5) is 4.39 Å². The van der Waals surface area contributed by atoms with Crippen molar-refractivity contribution < 1.29 is 28.6 Å². The molecule has 3 aromatic rings. The van der Waals surface area contributed by atoms with E-state index in [1.165, 1.54) is 24.1 Å². The van der Waals surface area contributed by atoms with Crippen molar-refractivity contribution >= 4 is 17.8 Å². The number of nitrogens with zero attached hydrogens (tertiary/aromatic N) is 3. The van der Waals surface area contributed by atoms with Gasteiger partial charge < -0.3 is 24.2 Å². The predicted molar refractivity (Wildman–Crippen MR) is 142 cm³/mol. The maximum Gasteiger partial charge on any atom is 0.332 e. The average molecular weight is 534 g/mol. The summed E-state index contributed by atoms with van der Waals surface area (Å²) >= 11 is 0. The Morgan fingerprint density at radius 2 is 1.79 bits per heavy atom. The SMILES string of the molecule is COC(=O)[C@@]1(Cc2ccc(F)cc2)[C@H]2c3cc(C(=O)N(C)C)n(CCO)c3C[C@H]2CN1C(=O)c1ccccc1. The van der Waals surface area contributed by atoms with Crippen LogP contribution in [0.1, 0.15) is 43.6 Å². The Balaban J connectivity index is 1.71. The number of aliphatic hydroxyl groups excluding tert-OH is 1.